The van der Waals surface area contributed by atoms with E-state index >= 15 is 0 Å². The summed E-state index contributed by atoms with van der Waals surface area (Å²) in [7, 11) is 0. The van der Waals surface area contributed by atoms with Crippen molar-refractivity contribution in [1.82, 2.24) is 20.1 Å². The molecule has 4 rings (SSSR count). The smallest absolute Gasteiger partial charge is 0.252 e. The molecule has 1 amide bonds. The van der Waals surface area contributed by atoms with Gasteiger partial charge < -0.3 is 5.32 Å². The standard InChI is InChI=1S/C24H22N4OS/c1-2-13-26-24(29)21-8-3-4-9-23(21)30-20-11-10-18-17-27-28(22(18)16-20)15-12-19-7-5-6-14-25-19/h3-12,14-17H,2,13H2,1H3,(H,26,29). The number of nitrogens with one attached hydrogen (secondary N) is 1. The molecule has 0 fully saturated rings. The van der Waals surface area contributed by atoms with E-state index in [0.29, 0.717) is 12.1 Å². The molecule has 2 aromatic heterocycles. The molecule has 2 aromatic carbocycles. The highest BCUT2D eigenvalue weighted by Crippen LogP contribution is 2.32. The number of fused-ring (bicyclic) bond motifs is 1. The number of hydrogen-bond acceptors (Lipinski definition) is 4. The van der Waals surface area contributed by atoms with Gasteiger partial charge in [0.1, 0.15) is 0 Å². The minimum absolute atomic E-state index is 0.0376. The summed E-state index contributed by atoms with van der Waals surface area (Å²) in [6.07, 6.45) is 8.36. The fraction of sp³-hybridized carbons (Fsp3) is 0.125. The Hall–Kier alpha value is -3.38. The van der Waals surface area contributed by atoms with Crippen molar-refractivity contribution in [3.05, 3.63) is 84.3 Å². The Morgan fingerprint density at radius 1 is 1.13 bits per heavy atom. The van der Waals surface area contributed by atoms with Crippen molar-refractivity contribution >= 4 is 40.8 Å². The SMILES string of the molecule is CCCNC(=O)c1ccccc1Sc1ccc2cnn(C=Cc3ccccn3)c2c1. The number of hydrogen-bond donors (Lipinski definition) is 1. The molecule has 0 aliphatic carbocycles. The molecule has 6 heteroatoms. The molecule has 30 heavy (non-hydrogen) atoms. The van der Waals surface area contributed by atoms with E-state index in [2.05, 4.69) is 33.6 Å². The second kappa shape index (κ2) is 9.41. The zero-order valence-corrected chi connectivity index (χ0v) is 17.5. The topological polar surface area (TPSA) is 59.8 Å². The molecule has 0 radical (unpaired) electrons. The Bertz CT molecular complexity index is 1180. The van der Waals surface area contributed by atoms with Gasteiger partial charge in [0.2, 0.25) is 0 Å². The van der Waals surface area contributed by atoms with Gasteiger partial charge >= 0.3 is 0 Å². The van der Waals surface area contributed by atoms with Gasteiger partial charge in [-0.15, -0.1) is 0 Å². The van der Waals surface area contributed by atoms with Crippen LogP contribution in [0.4, 0.5) is 0 Å². The minimum atomic E-state index is -0.0376. The van der Waals surface area contributed by atoms with Crippen molar-refractivity contribution in [2.75, 3.05) is 6.54 Å². The second-order valence-electron chi connectivity index (χ2n) is 6.73. The van der Waals surface area contributed by atoms with E-state index in [1.165, 1.54) is 0 Å². The highest BCUT2D eigenvalue weighted by molar-refractivity contribution is 7.99. The van der Waals surface area contributed by atoms with Crippen LogP contribution in [0.5, 0.6) is 0 Å². The number of carbonyl (C=O) groups excluding carboxylic acids is 1. The summed E-state index contributed by atoms with van der Waals surface area (Å²) in [5.74, 6) is -0.0376. The van der Waals surface area contributed by atoms with Crippen LogP contribution in [0, 0.1) is 0 Å². The van der Waals surface area contributed by atoms with Crippen molar-refractivity contribution in [1.29, 1.82) is 0 Å². The Labute approximate surface area is 179 Å². The van der Waals surface area contributed by atoms with Gasteiger partial charge in [0.05, 0.1) is 23.0 Å². The van der Waals surface area contributed by atoms with Crippen LogP contribution >= 0.6 is 11.8 Å². The van der Waals surface area contributed by atoms with Gasteiger partial charge in [-0.3, -0.25) is 9.78 Å². The van der Waals surface area contributed by atoms with Crippen LogP contribution in [-0.2, 0) is 0 Å². The average Bonchev–Trinajstić information content (AvgIpc) is 3.19. The molecule has 0 aliphatic heterocycles. The van der Waals surface area contributed by atoms with Gasteiger partial charge in [0.15, 0.2) is 0 Å². The summed E-state index contributed by atoms with van der Waals surface area (Å²) in [6, 6.07) is 19.7. The molecule has 0 atom stereocenters. The second-order valence-corrected chi connectivity index (χ2v) is 7.85. The van der Waals surface area contributed by atoms with Crippen LogP contribution < -0.4 is 5.32 Å². The number of benzene rings is 2. The van der Waals surface area contributed by atoms with Crippen molar-refractivity contribution in [3.63, 3.8) is 0 Å². The first-order valence-corrected chi connectivity index (χ1v) is 10.7. The minimum Gasteiger partial charge on any atom is -0.352 e. The summed E-state index contributed by atoms with van der Waals surface area (Å²) >= 11 is 1.58. The summed E-state index contributed by atoms with van der Waals surface area (Å²) in [6.45, 7) is 2.72. The number of rotatable bonds is 7. The summed E-state index contributed by atoms with van der Waals surface area (Å²) in [4.78, 5) is 18.8. The lowest BCUT2D eigenvalue weighted by molar-refractivity contribution is 0.0950. The zero-order chi connectivity index (χ0) is 20.8. The van der Waals surface area contributed by atoms with E-state index in [1.807, 2.05) is 72.5 Å². The molecule has 0 spiro atoms. The van der Waals surface area contributed by atoms with Crippen LogP contribution in [0.1, 0.15) is 29.4 Å². The molecule has 0 saturated heterocycles. The predicted octanol–water partition coefficient (Wildman–Crippen LogP) is 5.35. The van der Waals surface area contributed by atoms with Gasteiger partial charge in [0.25, 0.3) is 5.91 Å². The van der Waals surface area contributed by atoms with Crippen molar-refractivity contribution in [2.24, 2.45) is 0 Å². The molecule has 0 aliphatic rings. The molecular formula is C24H22N4OS. The first-order valence-electron chi connectivity index (χ1n) is 9.86. The van der Waals surface area contributed by atoms with E-state index in [1.54, 1.807) is 18.0 Å². The normalized spacial score (nSPS) is 11.2. The van der Waals surface area contributed by atoms with Gasteiger partial charge in [0, 0.05) is 34.1 Å². The van der Waals surface area contributed by atoms with Crippen molar-refractivity contribution in [2.45, 2.75) is 23.1 Å². The average molecular weight is 415 g/mol. The Morgan fingerprint density at radius 2 is 2.00 bits per heavy atom. The fourth-order valence-electron chi connectivity index (χ4n) is 3.03. The predicted molar refractivity (Wildman–Crippen MR) is 122 cm³/mol. The van der Waals surface area contributed by atoms with Crippen LogP contribution in [-0.4, -0.2) is 27.2 Å². The third kappa shape index (κ3) is 4.60. The highest BCUT2D eigenvalue weighted by atomic mass is 32.2. The monoisotopic (exact) mass is 414 g/mol. The van der Waals surface area contributed by atoms with E-state index in [0.717, 1.165) is 32.8 Å². The third-order valence-corrected chi connectivity index (χ3v) is 5.60. The number of nitrogens with zero attached hydrogens (tertiary/aromatic N) is 3. The van der Waals surface area contributed by atoms with E-state index in [-0.39, 0.29) is 5.91 Å². The molecule has 0 bridgehead atoms. The van der Waals surface area contributed by atoms with Crippen LogP contribution in [0.2, 0.25) is 0 Å². The highest BCUT2D eigenvalue weighted by Gasteiger charge is 2.12. The van der Waals surface area contributed by atoms with Crippen molar-refractivity contribution in [3.8, 4) is 0 Å². The van der Waals surface area contributed by atoms with Crippen molar-refractivity contribution < 1.29 is 4.79 Å². The van der Waals surface area contributed by atoms with Gasteiger partial charge in [-0.05, 0) is 48.9 Å². The zero-order valence-electron chi connectivity index (χ0n) is 16.7. The fourth-order valence-corrected chi connectivity index (χ4v) is 4.00. The molecule has 4 aromatic rings. The maximum Gasteiger partial charge on any atom is 0.252 e. The number of aromatic nitrogens is 3. The van der Waals surface area contributed by atoms with E-state index in [9.17, 15) is 4.79 Å². The first-order chi connectivity index (χ1) is 14.7. The lowest BCUT2D eigenvalue weighted by atomic mass is 10.2. The molecule has 1 N–H and O–H groups in total. The maximum absolute atomic E-state index is 12.5. The maximum atomic E-state index is 12.5. The van der Waals surface area contributed by atoms with Gasteiger partial charge in [-0.25, -0.2) is 4.68 Å². The summed E-state index contributed by atoms with van der Waals surface area (Å²) in [5.41, 5.74) is 2.57. The quantitative estimate of drug-likeness (QED) is 0.443. The van der Waals surface area contributed by atoms with E-state index < -0.39 is 0 Å². The lowest BCUT2D eigenvalue weighted by Gasteiger charge is -2.09. The Balaban J connectivity index is 1.61. The number of amides is 1. The molecule has 150 valence electrons. The summed E-state index contributed by atoms with van der Waals surface area (Å²) < 4.78 is 1.84. The molecule has 0 unspecified atom stereocenters. The van der Waals surface area contributed by atoms with Crippen LogP contribution in [0.15, 0.2) is 82.8 Å². The Morgan fingerprint density at radius 3 is 2.83 bits per heavy atom. The van der Waals surface area contributed by atoms with E-state index in [4.69, 9.17) is 0 Å². The molecular weight excluding hydrogens is 392 g/mol. The largest absolute Gasteiger partial charge is 0.352 e. The van der Waals surface area contributed by atoms with Gasteiger partial charge in [-0.2, -0.15) is 5.10 Å². The first kappa shape index (κ1) is 19.9. The number of pyridine rings is 1. The third-order valence-electron chi connectivity index (χ3n) is 4.54. The Kier molecular flexibility index (Phi) is 6.25. The van der Waals surface area contributed by atoms with Crippen LogP contribution in [0.3, 0.4) is 0 Å². The summed E-state index contributed by atoms with van der Waals surface area (Å²) in [5, 5.41) is 8.48. The number of carbonyl (C=O) groups is 1. The molecule has 5 nitrogen and oxygen atoms in total. The molecule has 2 heterocycles. The lowest BCUT2D eigenvalue weighted by Crippen LogP contribution is -2.24. The molecule has 0 saturated carbocycles. The van der Waals surface area contributed by atoms with Crippen LogP contribution in [0.25, 0.3) is 23.2 Å². The van der Waals surface area contributed by atoms with Gasteiger partial charge in [-0.1, -0.05) is 43.0 Å².